The molecule has 0 aromatic carbocycles. The van der Waals surface area contributed by atoms with E-state index in [2.05, 4.69) is 5.32 Å². The van der Waals surface area contributed by atoms with Gasteiger partial charge >= 0.3 is 0 Å². The molecule has 0 atom stereocenters. The summed E-state index contributed by atoms with van der Waals surface area (Å²) in [6, 6.07) is 0. The molecule has 1 aliphatic carbocycles. The van der Waals surface area contributed by atoms with Crippen molar-refractivity contribution in [3.63, 3.8) is 0 Å². The van der Waals surface area contributed by atoms with Crippen LogP contribution in [0.25, 0.3) is 0 Å². The summed E-state index contributed by atoms with van der Waals surface area (Å²) in [6.07, 6.45) is 1.98. The Morgan fingerprint density at radius 2 is 1.83 bits per heavy atom. The third-order valence-electron chi connectivity index (χ3n) is 3.34. The van der Waals surface area contributed by atoms with Crippen LogP contribution in [0.4, 0.5) is 0 Å². The second-order valence-corrected chi connectivity index (χ2v) is 4.36. The fourth-order valence-electron chi connectivity index (χ4n) is 1.98. The van der Waals surface area contributed by atoms with E-state index in [-0.39, 0.29) is 29.1 Å². The molecule has 1 spiro atoms. The summed E-state index contributed by atoms with van der Waals surface area (Å²) in [4.78, 5) is 22.6. The van der Waals surface area contributed by atoms with E-state index in [1.165, 1.54) is 0 Å². The number of hydrogen-bond donors (Lipinski definition) is 1. The fourth-order valence-corrected chi connectivity index (χ4v) is 1.98. The van der Waals surface area contributed by atoms with E-state index in [9.17, 15) is 9.59 Å². The first-order valence-corrected chi connectivity index (χ1v) is 4.32. The van der Waals surface area contributed by atoms with Crippen molar-refractivity contribution in [1.29, 1.82) is 0 Å². The first-order valence-electron chi connectivity index (χ1n) is 4.32. The van der Waals surface area contributed by atoms with E-state index < -0.39 is 0 Å². The molecule has 1 saturated heterocycles. The zero-order valence-electron chi connectivity index (χ0n) is 7.44. The normalized spacial score (nSPS) is 30.2. The molecule has 1 heterocycles. The number of Topliss-reactive ketones (excluding diaryl/α,β-unsaturated/α-hetero) is 1. The van der Waals surface area contributed by atoms with Crippen molar-refractivity contribution in [2.24, 2.45) is 5.41 Å². The molecule has 2 aliphatic rings. The van der Waals surface area contributed by atoms with E-state index in [4.69, 9.17) is 0 Å². The van der Waals surface area contributed by atoms with E-state index in [0.29, 0.717) is 0 Å². The number of piperidine rings is 1. The molecule has 1 aliphatic heterocycles. The maximum Gasteiger partial charge on any atom is 0.227 e. The van der Waals surface area contributed by atoms with Crippen LogP contribution in [0.15, 0.2) is 0 Å². The molecule has 1 saturated carbocycles. The van der Waals surface area contributed by atoms with Crippen molar-refractivity contribution >= 4 is 11.7 Å². The topological polar surface area (TPSA) is 46.2 Å². The minimum absolute atomic E-state index is 0.0642. The molecule has 1 amide bonds. The number of hydrogen-bond acceptors (Lipinski definition) is 2. The minimum Gasteiger partial charge on any atom is -0.349 e. The molecule has 66 valence electrons. The molecule has 0 unspecified atom stereocenters. The predicted octanol–water partition coefficient (Wildman–Crippen LogP) is 0.634. The minimum atomic E-state index is -0.346. The third-order valence-corrected chi connectivity index (χ3v) is 3.34. The smallest absolute Gasteiger partial charge is 0.227 e. The number of nitrogens with one attached hydrogen (secondary N) is 1. The van der Waals surface area contributed by atoms with Gasteiger partial charge in [0, 0.05) is 5.41 Å². The highest BCUT2D eigenvalue weighted by Gasteiger charge is 2.61. The molecule has 3 nitrogen and oxygen atoms in total. The van der Waals surface area contributed by atoms with E-state index >= 15 is 0 Å². The molecule has 12 heavy (non-hydrogen) atoms. The van der Waals surface area contributed by atoms with Gasteiger partial charge in [0.25, 0.3) is 0 Å². The zero-order chi connectivity index (χ0) is 8.98. The Balaban J connectivity index is 2.34. The number of carbonyl (C=O) groups is 2. The molecule has 3 heteroatoms. The van der Waals surface area contributed by atoms with Crippen molar-refractivity contribution in [1.82, 2.24) is 5.32 Å². The Labute approximate surface area is 71.5 Å². The average Bonchev–Trinajstić information content (AvgIpc) is 2.66. The number of rotatable bonds is 0. The summed E-state index contributed by atoms with van der Waals surface area (Å²) < 4.78 is 0. The molecular formula is C9H13NO2. The molecule has 0 aromatic rings. The lowest BCUT2D eigenvalue weighted by Gasteiger charge is -2.38. The summed E-state index contributed by atoms with van der Waals surface area (Å²) in [5.41, 5.74) is -0.527. The van der Waals surface area contributed by atoms with Gasteiger partial charge < -0.3 is 5.32 Å². The Kier molecular flexibility index (Phi) is 1.23. The summed E-state index contributed by atoms with van der Waals surface area (Å²) in [6.45, 7) is 3.86. The van der Waals surface area contributed by atoms with Crippen LogP contribution in [0.2, 0.25) is 0 Å². The lowest BCUT2D eigenvalue weighted by molar-refractivity contribution is -0.140. The fraction of sp³-hybridized carbons (Fsp3) is 0.778. The Hall–Kier alpha value is -0.860. The quantitative estimate of drug-likeness (QED) is 0.538. The van der Waals surface area contributed by atoms with Gasteiger partial charge in [-0.15, -0.1) is 0 Å². The first-order chi connectivity index (χ1) is 5.48. The number of ketones is 1. The average molecular weight is 167 g/mol. The summed E-state index contributed by atoms with van der Waals surface area (Å²) in [5, 5.41) is 2.93. The van der Waals surface area contributed by atoms with Crippen molar-refractivity contribution < 1.29 is 9.59 Å². The van der Waals surface area contributed by atoms with Crippen molar-refractivity contribution in [2.75, 3.05) is 0 Å². The maximum absolute atomic E-state index is 11.5. The van der Waals surface area contributed by atoms with Gasteiger partial charge in [-0.1, -0.05) is 13.8 Å². The lowest BCUT2D eigenvalue weighted by Crippen LogP contribution is -2.56. The maximum atomic E-state index is 11.5. The number of amides is 1. The Bertz CT molecular complexity index is 264. The van der Waals surface area contributed by atoms with Crippen molar-refractivity contribution in [2.45, 2.75) is 38.6 Å². The van der Waals surface area contributed by atoms with Crippen LogP contribution in [0, 0.1) is 5.41 Å². The van der Waals surface area contributed by atoms with Crippen LogP contribution < -0.4 is 5.32 Å². The molecular weight excluding hydrogens is 154 g/mol. The molecule has 2 rings (SSSR count). The van der Waals surface area contributed by atoms with Gasteiger partial charge in [0.1, 0.15) is 5.78 Å². The van der Waals surface area contributed by atoms with Gasteiger partial charge in [-0.25, -0.2) is 0 Å². The molecule has 2 fully saturated rings. The summed E-state index contributed by atoms with van der Waals surface area (Å²) in [5.74, 6) is -0.0134. The zero-order valence-corrected chi connectivity index (χ0v) is 7.44. The van der Waals surface area contributed by atoms with Gasteiger partial charge in [-0.2, -0.15) is 0 Å². The lowest BCUT2D eigenvalue weighted by atomic mass is 9.74. The van der Waals surface area contributed by atoms with Crippen molar-refractivity contribution in [3.8, 4) is 0 Å². The third kappa shape index (κ3) is 0.765. The summed E-state index contributed by atoms with van der Waals surface area (Å²) >= 11 is 0. The Morgan fingerprint density at radius 1 is 1.25 bits per heavy atom. The van der Waals surface area contributed by atoms with Gasteiger partial charge in [-0.05, 0) is 12.8 Å². The number of carbonyl (C=O) groups excluding carboxylic acids is 2. The van der Waals surface area contributed by atoms with Gasteiger partial charge in [-0.3, -0.25) is 9.59 Å². The predicted molar refractivity (Wildman–Crippen MR) is 43.5 cm³/mol. The standard InChI is InChI=1S/C9H13NO2/c1-8(2)6(11)5-7(12)10-9(8)3-4-9/h3-5H2,1-2H3,(H,10,12). The highest BCUT2D eigenvalue weighted by Crippen LogP contribution is 2.52. The highest BCUT2D eigenvalue weighted by atomic mass is 16.2. The van der Waals surface area contributed by atoms with Crippen LogP contribution in [0.1, 0.15) is 33.1 Å². The van der Waals surface area contributed by atoms with Gasteiger partial charge in [0.15, 0.2) is 0 Å². The van der Waals surface area contributed by atoms with E-state index in [1.807, 2.05) is 13.8 Å². The Morgan fingerprint density at radius 3 is 2.33 bits per heavy atom. The first kappa shape index (κ1) is 7.77. The van der Waals surface area contributed by atoms with Gasteiger partial charge in [0.05, 0.1) is 12.0 Å². The van der Waals surface area contributed by atoms with Crippen LogP contribution in [0.3, 0.4) is 0 Å². The van der Waals surface area contributed by atoms with E-state index in [0.717, 1.165) is 12.8 Å². The molecule has 0 radical (unpaired) electrons. The largest absolute Gasteiger partial charge is 0.349 e. The molecule has 1 N–H and O–H groups in total. The van der Waals surface area contributed by atoms with Crippen LogP contribution in [-0.2, 0) is 9.59 Å². The van der Waals surface area contributed by atoms with Crippen LogP contribution >= 0.6 is 0 Å². The second kappa shape index (κ2) is 1.90. The summed E-state index contributed by atoms with van der Waals surface area (Å²) in [7, 11) is 0. The van der Waals surface area contributed by atoms with Gasteiger partial charge in [0.2, 0.25) is 5.91 Å². The van der Waals surface area contributed by atoms with Crippen molar-refractivity contribution in [3.05, 3.63) is 0 Å². The molecule has 0 aromatic heterocycles. The molecule has 0 bridgehead atoms. The second-order valence-electron chi connectivity index (χ2n) is 4.36. The highest BCUT2D eigenvalue weighted by molar-refractivity contribution is 6.04. The monoisotopic (exact) mass is 167 g/mol. The van der Waals surface area contributed by atoms with Crippen LogP contribution in [0.5, 0.6) is 0 Å². The SMILES string of the molecule is CC1(C)C(=O)CC(=O)NC12CC2. The van der Waals surface area contributed by atoms with E-state index in [1.54, 1.807) is 0 Å². The van der Waals surface area contributed by atoms with Crippen LogP contribution in [-0.4, -0.2) is 17.2 Å².